The highest BCUT2D eigenvalue weighted by Gasteiger charge is 2.23. The van der Waals surface area contributed by atoms with Crippen molar-refractivity contribution in [2.24, 2.45) is 0 Å². The zero-order chi connectivity index (χ0) is 39.0. The van der Waals surface area contributed by atoms with E-state index in [1.165, 1.54) is 16.0 Å². The fourth-order valence-electron chi connectivity index (χ4n) is 8.76. The van der Waals surface area contributed by atoms with Crippen molar-refractivity contribution in [1.29, 1.82) is 0 Å². The lowest BCUT2D eigenvalue weighted by molar-refractivity contribution is 0.669. The molecule has 0 N–H and O–H groups in total. The molecule has 0 spiro atoms. The first kappa shape index (κ1) is 34.2. The number of anilines is 6. The van der Waals surface area contributed by atoms with Crippen molar-refractivity contribution in [1.82, 2.24) is 0 Å². The number of nitrogens with zero attached hydrogens (tertiary/aromatic N) is 2. The lowest BCUT2D eigenvalue weighted by Crippen LogP contribution is -2.37. The zero-order valence-corrected chi connectivity index (χ0v) is 33.6. The highest BCUT2D eigenvalue weighted by molar-refractivity contribution is 6.88. The monoisotopic (exact) mass is 764 g/mol. The molecule has 0 unspecified atom stereocenters. The van der Waals surface area contributed by atoms with Crippen molar-refractivity contribution in [2.45, 2.75) is 19.6 Å². The van der Waals surface area contributed by atoms with Crippen LogP contribution in [0.25, 0.3) is 65.4 Å². The van der Waals surface area contributed by atoms with Crippen LogP contribution in [0, 0.1) is 0 Å². The molecule has 9 aromatic carbocycles. The molecule has 0 amide bonds. The molecule has 4 nitrogen and oxygen atoms in total. The summed E-state index contributed by atoms with van der Waals surface area (Å²) >= 11 is 0. The van der Waals surface area contributed by atoms with Crippen LogP contribution >= 0.6 is 0 Å². The summed E-state index contributed by atoms with van der Waals surface area (Å²) in [6.07, 6.45) is 0. The average Bonchev–Trinajstić information content (AvgIpc) is 3.84. The van der Waals surface area contributed by atoms with Crippen LogP contribution in [0.4, 0.5) is 34.1 Å². The maximum Gasteiger partial charge on any atom is 0.159 e. The Morgan fingerprint density at radius 2 is 0.879 bits per heavy atom. The highest BCUT2D eigenvalue weighted by Crippen LogP contribution is 2.47. The number of fused-ring (bicyclic) bond motifs is 11. The summed E-state index contributed by atoms with van der Waals surface area (Å²) in [6, 6.07) is 67.1. The van der Waals surface area contributed by atoms with Gasteiger partial charge in [-0.25, -0.2) is 0 Å². The van der Waals surface area contributed by atoms with Gasteiger partial charge in [0, 0.05) is 61.4 Å². The summed E-state index contributed by atoms with van der Waals surface area (Å²) in [5.74, 6) is 0. The predicted molar refractivity (Wildman–Crippen MR) is 248 cm³/mol. The fourth-order valence-corrected chi connectivity index (χ4v) is 9.92. The van der Waals surface area contributed by atoms with Crippen LogP contribution in [0.3, 0.4) is 0 Å². The van der Waals surface area contributed by atoms with Gasteiger partial charge in [0.2, 0.25) is 0 Å². The van der Waals surface area contributed by atoms with E-state index in [4.69, 9.17) is 8.83 Å². The van der Waals surface area contributed by atoms with Crippen molar-refractivity contribution in [3.05, 3.63) is 188 Å². The van der Waals surface area contributed by atoms with Gasteiger partial charge in [-0.3, -0.25) is 0 Å². The second kappa shape index (κ2) is 13.3. The van der Waals surface area contributed by atoms with Gasteiger partial charge >= 0.3 is 0 Å². The van der Waals surface area contributed by atoms with Gasteiger partial charge in [-0.2, -0.15) is 0 Å². The van der Waals surface area contributed by atoms with Crippen LogP contribution in [0.15, 0.2) is 197 Å². The molecular weight excluding hydrogens is 725 g/mol. The number of furan rings is 2. The van der Waals surface area contributed by atoms with Crippen molar-refractivity contribution >= 4 is 113 Å². The van der Waals surface area contributed by atoms with E-state index in [1.807, 2.05) is 12.1 Å². The summed E-state index contributed by atoms with van der Waals surface area (Å²) in [5.41, 5.74) is 9.83. The van der Waals surface area contributed by atoms with Gasteiger partial charge in [-0.15, -0.1) is 0 Å². The van der Waals surface area contributed by atoms with Crippen LogP contribution in [-0.4, -0.2) is 8.07 Å². The molecule has 0 radical (unpaired) electrons. The van der Waals surface area contributed by atoms with E-state index >= 15 is 0 Å². The quantitative estimate of drug-likeness (QED) is 0.120. The third-order valence-electron chi connectivity index (χ3n) is 11.6. The second-order valence-corrected chi connectivity index (χ2v) is 21.2. The molecule has 58 heavy (non-hydrogen) atoms. The van der Waals surface area contributed by atoms with Gasteiger partial charge in [0.15, 0.2) is 5.58 Å². The molecule has 2 aromatic heterocycles. The zero-order valence-electron chi connectivity index (χ0n) is 32.6. The minimum absolute atomic E-state index is 0.858. The Morgan fingerprint density at radius 3 is 1.60 bits per heavy atom. The normalized spacial score (nSPS) is 12.1. The first-order valence-electron chi connectivity index (χ1n) is 19.9. The van der Waals surface area contributed by atoms with Gasteiger partial charge in [-0.1, -0.05) is 128 Å². The SMILES string of the molecule is C[Si](C)(C)c1ccc(N(c2ccccc2)c2ccc3c(c2)oc2c4ccc(N(c5ccccc5)c5cccc6c5oc5ccccc56)cc4c4ccccc4c32)cc1. The smallest absolute Gasteiger partial charge is 0.159 e. The Kier molecular flexibility index (Phi) is 7.82. The molecule has 278 valence electrons. The Morgan fingerprint density at radius 1 is 0.345 bits per heavy atom. The Hall–Kier alpha value is -7.08. The lowest BCUT2D eigenvalue weighted by atomic mass is 9.96. The highest BCUT2D eigenvalue weighted by atomic mass is 28.3. The standard InChI is InChI=1S/C53H40N2O2Si/c1-58(2,3)40-29-25-37(26-30-40)54(35-15-6-4-7-16-35)39-28-32-46-50(34-39)57-53-45-31-27-38(33-47(45)41-19-10-11-21-43(41)51(46)53)55(36-17-8-5-9-18-36)48-23-14-22-44-42-20-12-13-24-49(42)56-52(44)48/h4-34H,1-3H3. The minimum atomic E-state index is -1.45. The molecule has 0 aliphatic rings. The Bertz CT molecular complexity index is 3330. The van der Waals surface area contributed by atoms with Crippen LogP contribution in [0.2, 0.25) is 19.6 Å². The van der Waals surface area contributed by atoms with E-state index in [0.717, 1.165) is 88.8 Å². The van der Waals surface area contributed by atoms with E-state index in [2.05, 4.69) is 205 Å². The summed E-state index contributed by atoms with van der Waals surface area (Å²) in [7, 11) is -1.45. The van der Waals surface area contributed by atoms with E-state index in [1.54, 1.807) is 0 Å². The summed E-state index contributed by atoms with van der Waals surface area (Å²) in [6.45, 7) is 7.17. The van der Waals surface area contributed by atoms with E-state index < -0.39 is 8.07 Å². The van der Waals surface area contributed by atoms with Gasteiger partial charge < -0.3 is 18.6 Å². The molecule has 0 atom stereocenters. The van der Waals surface area contributed by atoms with Crippen molar-refractivity contribution < 1.29 is 8.83 Å². The average molecular weight is 765 g/mol. The van der Waals surface area contributed by atoms with Crippen LogP contribution in [0.5, 0.6) is 0 Å². The largest absolute Gasteiger partial charge is 0.455 e. The molecule has 11 rings (SSSR count). The maximum atomic E-state index is 7.01. The Balaban J connectivity index is 1.11. The third-order valence-corrected chi connectivity index (χ3v) is 13.6. The lowest BCUT2D eigenvalue weighted by Gasteiger charge is -2.26. The molecule has 0 bridgehead atoms. The maximum absolute atomic E-state index is 7.01. The number of rotatable bonds is 7. The van der Waals surface area contributed by atoms with Crippen molar-refractivity contribution in [2.75, 3.05) is 9.80 Å². The fraction of sp³-hybridized carbons (Fsp3) is 0.0566. The molecule has 11 aromatic rings. The molecule has 0 aliphatic carbocycles. The molecule has 0 aliphatic heterocycles. The molecule has 0 saturated heterocycles. The summed E-state index contributed by atoms with van der Waals surface area (Å²) < 4.78 is 13.6. The van der Waals surface area contributed by atoms with E-state index in [9.17, 15) is 0 Å². The number of para-hydroxylation sites is 4. The molecule has 5 heteroatoms. The van der Waals surface area contributed by atoms with E-state index in [-0.39, 0.29) is 0 Å². The van der Waals surface area contributed by atoms with Crippen LogP contribution < -0.4 is 15.0 Å². The van der Waals surface area contributed by atoms with Gasteiger partial charge in [0.1, 0.15) is 16.7 Å². The van der Waals surface area contributed by atoms with Gasteiger partial charge in [0.05, 0.1) is 13.8 Å². The van der Waals surface area contributed by atoms with Crippen LogP contribution in [0.1, 0.15) is 0 Å². The molecule has 2 heterocycles. The number of benzene rings is 9. The number of hydrogen-bond acceptors (Lipinski definition) is 4. The van der Waals surface area contributed by atoms with Gasteiger partial charge in [0.25, 0.3) is 0 Å². The van der Waals surface area contributed by atoms with Crippen molar-refractivity contribution in [3.63, 3.8) is 0 Å². The van der Waals surface area contributed by atoms with Crippen molar-refractivity contribution in [3.8, 4) is 0 Å². The first-order valence-corrected chi connectivity index (χ1v) is 23.4. The number of hydrogen-bond donors (Lipinski definition) is 0. The van der Waals surface area contributed by atoms with Crippen LogP contribution in [-0.2, 0) is 0 Å². The molecular formula is C53H40N2O2Si. The minimum Gasteiger partial charge on any atom is -0.455 e. The summed E-state index contributed by atoms with van der Waals surface area (Å²) in [5, 5.41) is 10.4. The first-order chi connectivity index (χ1) is 28.4. The topological polar surface area (TPSA) is 32.8 Å². The predicted octanol–water partition coefficient (Wildman–Crippen LogP) is 15.3. The Labute approximate surface area is 337 Å². The second-order valence-electron chi connectivity index (χ2n) is 16.2. The van der Waals surface area contributed by atoms with Gasteiger partial charge in [-0.05, 0) is 95.0 Å². The van der Waals surface area contributed by atoms with E-state index in [0.29, 0.717) is 0 Å². The molecule has 0 fully saturated rings. The third kappa shape index (κ3) is 5.50. The molecule has 0 saturated carbocycles. The summed E-state index contributed by atoms with van der Waals surface area (Å²) in [4.78, 5) is 4.63.